The summed E-state index contributed by atoms with van der Waals surface area (Å²) in [7, 11) is 0. The van der Waals surface area contributed by atoms with Gasteiger partial charge < -0.3 is 5.11 Å². The highest BCUT2D eigenvalue weighted by Crippen LogP contribution is 2.37. The predicted molar refractivity (Wildman–Crippen MR) is 144 cm³/mol. The molecule has 0 spiro atoms. The van der Waals surface area contributed by atoms with Crippen LogP contribution in [0.15, 0.2) is 59.5 Å². The number of pyridine rings is 2. The summed E-state index contributed by atoms with van der Waals surface area (Å²) in [4.78, 5) is 27.2. The zero-order chi connectivity index (χ0) is 27.3. The van der Waals surface area contributed by atoms with Crippen molar-refractivity contribution in [3.05, 3.63) is 99.2 Å². The number of aromatic hydroxyl groups is 1. The summed E-state index contributed by atoms with van der Waals surface area (Å²) >= 11 is 0. The van der Waals surface area contributed by atoms with Crippen molar-refractivity contribution in [2.24, 2.45) is 0 Å². The number of nitrogens with zero attached hydrogens (tertiary/aromatic N) is 4. The Kier molecular flexibility index (Phi) is 6.26. The summed E-state index contributed by atoms with van der Waals surface area (Å²) < 4.78 is 31.8. The van der Waals surface area contributed by atoms with Crippen LogP contribution in [0.3, 0.4) is 0 Å². The van der Waals surface area contributed by atoms with Gasteiger partial charge in [0.05, 0.1) is 22.6 Å². The standard InChI is InChI=1S/C30H26F2N4O2/c1-15(2)25-28(17(4)11-12-33-25)36-29-20(26(35-30(36)38)19-10-9-16(3)13-18(19)5)14-22(32)27(34-29)24-21(31)7-6-8-23(24)37/h6-15,37H,1-5H3. The zero-order valence-electron chi connectivity index (χ0n) is 21.7. The average Bonchev–Trinajstić information content (AvgIpc) is 2.85. The second-order valence-corrected chi connectivity index (χ2v) is 9.74. The number of rotatable bonds is 4. The maximum Gasteiger partial charge on any atom is 0.354 e. The fourth-order valence-corrected chi connectivity index (χ4v) is 4.81. The van der Waals surface area contributed by atoms with Gasteiger partial charge in [-0.3, -0.25) is 4.98 Å². The summed E-state index contributed by atoms with van der Waals surface area (Å²) in [5.74, 6) is -2.22. The Morgan fingerprint density at radius 1 is 0.895 bits per heavy atom. The molecule has 8 heteroatoms. The topological polar surface area (TPSA) is 80.9 Å². The smallest absolute Gasteiger partial charge is 0.354 e. The third-order valence-corrected chi connectivity index (χ3v) is 6.61. The third-order valence-electron chi connectivity index (χ3n) is 6.61. The van der Waals surface area contributed by atoms with Crippen molar-refractivity contribution >= 4 is 11.0 Å². The molecular weight excluding hydrogens is 486 g/mol. The fraction of sp³-hybridized carbons (Fsp3) is 0.200. The Hall–Kier alpha value is -4.46. The number of halogens is 2. The van der Waals surface area contributed by atoms with Gasteiger partial charge in [-0.15, -0.1) is 0 Å². The van der Waals surface area contributed by atoms with Crippen molar-refractivity contribution < 1.29 is 13.9 Å². The van der Waals surface area contributed by atoms with E-state index in [4.69, 9.17) is 0 Å². The van der Waals surface area contributed by atoms with E-state index in [0.717, 1.165) is 22.8 Å². The van der Waals surface area contributed by atoms with E-state index >= 15 is 4.39 Å². The number of phenolic OH excluding ortho intramolecular Hbond substituents is 1. The van der Waals surface area contributed by atoms with Gasteiger partial charge in [0.15, 0.2) is 11.5 Å². The first-order chi connectivity index (χ1) is 18.1. The molecule has 192 valence electrons. The van der Waals surface area contributed by atoms with Crippen molar-refractivity contribution in [3.8, 4) is 34.0 Å². The number of aromatic nitrogens is 4. The molecule has 5 aromatic rings. The first-order valence-electron chi connectivity index (χ1n) is 12.2. The molecule has 38 heavy (non-hydrogen) atoms. The SMILES string of the molecule is Cc1ccc(-c2nc(=O)n(-c3c(C)ccnc3C(C)C)c3nc(-c4c(O)cccc4F)c(F)cc23)c(C)c1. The Balaban J connectivity index is 1.98. The number of aryl methyl sites for hydroxylation is 3. The lowest BCUT2D eigenvalue weighted by Crippen LogP contribution is -2.26. The van der Waals surface area contributed by atoms with Gasteiger partial charge in [0, 0.05) is 17.1 Å². The molecule has 0 amide bonds. The van der Waals surface area contributed by atoms with Gasteiger partial charge in [0.25, 0.3) is 0 Å². The summed E-state index contributed by atoms with van der Waals surface area (Å²) in [5, 5.41) is 10.7. The van der Waals surface area contributed by atoms with E-state index in [2.05, 4.69) is 15.0 Å². The van der Waals surface area contributed by atoms with Gasteiger partial charge in [-0.1, -0.05) is 43.7 Å². The molecular formula is C30H26F2N4O2. The predicted octanol–water partition coefficient (Wildman–Crippen LogP) is 6.54. The second kappa shape index (κ2) is 9.45. The molecule has 2 aromatic carbocycles. The van der Waals surface area contributed by atoms with Crippen LogP contribution in [0.5, 0.6) is 5.75 Å². The molecule has 0 radical (unpaired) electrons. The van der Waals surface area contributed by atoms with Crippen molar-refractivity contribution in [2.75, 3.05) is 0 Å². The van der Waals surface area contributed by atoms with Gasteiger partial charge in [-0.05, 0) is 62.1 Å². The van der Waals surface area contributed by atoms with Crippen LogP contribution in [-0.2, 0) is 0 Å². The van der Waals surface area contributed by atoms with E-state index in [-0.39, 0.29) is 28.2 Å². The molecule has 0 unspecified atom stereocenters. The van der Waals surface area contributed by atoms with Crippen LogP contribution in [0, 0.1) is 32.4 Å². The number of fused-ring (bicyclic) bond motifs is 1. The van der Waals surface area contributed by atoms with E-state index in [1.807, 2.05) is 52.8 Å². The summed E-state index contributed by atoms with van der Waals surface area (Å²) in [6.07, 6.45) is 1.66. The highest BCUT2D eigenvalue weighted by molar-refractivity contribution is 5.93. The number of hydrogen-bond donors (Lipinski definition) is 1. The van der Waals surface area contributed by atoms with Crippen LogP contribution >= 0.6 is 0 Å². The van der Waals surface area contributed by atoms with Crippen LogP contribution in [0.2, 0.25) is 0 Å². The molecule has 0 saturated carbocycles. The molecule has 6 nitrogen and oxygen atoms in total. The van der Waals surface area contributed by atoms with Crippen molar-refractivity contribution in [3.63, 3.8) is 0 Å². The normalized spacial score (nSPS) is 11.5. The van der Waals surface area contributed by atoms with E-state index in [0.29, 0.717) is 16.9 Å². The van der Waals surface area contributed by atoms with E-state index in [1.165, 1.54) is 22.8 Å². The van der Waals surface area contributed by atoms with E-state index in [1.54, 1.807) is 12.3 Å². The van der Waals surface area contributed by atoms with Gasteiger partial charge >= 0.3 is 5.69 Å². The lowest BCUT2D eigenvalue weighted by atomic mass is 9.99. The number of phenols is 1. The molecule has 0 aliphatic rings. The molecule has 3 heterocycles. The van der Waals surface area contributed by atoms with Gasteiger partial charge in [-0.2, -0.15) is 4.98 Å². The van der Waals surface area contributed by atoms with Crippen molar-refractivity contribution in [1.29, 1.82) is 0 Å². The summed E-state index contributed by atoms with van der Waals surface area (Å²) in [6.45, 7) is 9.58. The molecule has 3 aromatic heterocycles. The lowest BCUT2D eigenvalue weighted by Gasteiger charge is -2.19. The van der Waals surface area contributed by atoms with Crippen molar-refractivity contribution in [1.82, 2.24) is 19.5 Å². The van der Waals surface area contributed by atoms with Gasteiger partial charge in [0.1, 0.15) is 17.3 Å². The summed E-state index contributed by atoms with van der Waals surface area (Å²) in [6, 6.07) is 12.3. The second-order valence-electron chi connectivity index (χ2n) is 9.74. The Morgan fingerprint density at radius 3 is 2.34 bits per heavy atom. The van der Waals surface area contributed by atoms with Crippen molar-refractivity contribution in [2.45, 2.75) is 40.5 Å². The quantitative estimate of drug-likeness (QED) is 0.296. The fourth-order valence-electron chi connectivity index (χ4n) is 4.81. The molecule has 1 N–H and O–H groups in total. The van der Waals surface area contributed by atoms with Gasteiger partial charge in [0.2, 0.25) is 0 Å². The van der Waals surface area contributed by atoms with Crippen LogP contribution in [0.1, 0.15) is 42.1 Å². The van der Waals surface area contributed by atoms with Gasteiger partial charge in [-0.25, -0.2) is 23.1 Å². The molecule has 5 rings (SSSR count). The zero-order valence-corrected chi connectivity index (χ0v) is 21.7. The highest BCUT2D eigenvalue weighted by Gasteiger charge is 2.25. The third kappa shape index (κ3) is 4.12. The average molecular weight is 513 g/mol. The first kappa shape index (κ1) is 25.2. The minimum absolute atomic E-state index is 0.0543. The molecule has 0 aliphatic carbocycles. The molecule has 0 atom stereocenters. The van der Waals surface area contributed by atoms with Crippen LogP contribution in [0.4, 0.5) is 8.78 Å². The minimum Gasteiger partial charge on any atom is -0.507 e. The number of hydrogen-bond acceptors (Lipinski definition) is 5. The molecule has 0 fully saturated rings. The van der Waals surface area contributed by atoms with Crippen LogP contribution in [0.25, 0.3) is 39.2 Å². The Labute approximate surface area is 218 Å². The largest absolute Gasteiger partial charge is 0.507 e. The highest BCUT2D eigenvalue weighted by atomic mass is 19.1. The van der Waals surface area contributed by atoms with E-state index < -0.39 is 28.8 Å². The van der Waals surface area contributed by atoms with Crippen LogP contribution in [-0.4, -0.2) is 24.6 Å². The molecule has 0 bridgehead atoms. The minimum atomic E-state index is -0.858. The monoisotopic (exact) mass is 512 g/mol. The van der Waals surface area contributed by atoms with E-state index in [9.17, 15) is 14.3 Å². The maximum absolute atomic E-state index is 15.7. The molecule has 0 saturated heterocycles. The summed E-state index contributed by atoms with van der Waals surface area (Å²) in [5.41, 5.74) is 3.32. The lowest BCUT2D eigenvalue weighted by molar-refractivity contribution is 0.470. The molecule has 0 aliphatic heterocycles. The Bertz CT molecular complexity index is 1770. The maximum atomic E-state index is 15.7. The van der Waals surface area contributed by atoms with Crippen LogP contribution < -0.4 is 5.69 Å². The first-order valence-corrected chi connectivity index (χ1v) is 12.2. The Morgan fingerprint density at radius 2 is 1.66 bits per heavy atom. The number of benzene rings is 2.